The highest BCUT2D eigenvalue weighted by Gasteiger charge is 2.25. The fraction of sp³-hybridized carbons (Fsp3) is 0.875. The van der Waals surface area contributed by atoms with E-state index in [0.717, 1.165) is 25.8 Å². The molecule has 0 aromatic carbocycles. The maximum absolute atomic E-state index is 11.2. The maximum atomic E-state index is 11.2. The standard InChI is InChI=1S/C8H15NO2/c1-2-4-7(10)9-6-3-5-8(9)11/h8,11H,2-6H2,1H3. The Balaban J connectivity index is 2.39. The molecule has 64 valence electrons. The predicted molar refractivity (Wildman–Crippen MR) is 41.9 cm³/mol. The van der Waals surface area contributed by atoms with E-state index in [4.69, 9.17) is 0 Å². The molecule has 1 N–H and O–H groups in total. The molecule has 1 saturated heterocycles. The van der Waals surface area contributed by atoms with Gasteiger partial charge < -0.3 is 10.0 Å². The largest absolute Gasteiger partial charge is 0.374 e. The molecule has 0 spiro atoms. The lowest BCUT2D eigenvalue weighted by Crippen LogP contribution is -2.34. The van der Waals surface area contributed by atoms with Gasteiger partial charge in [0.1, 0.15) is 6.23 Å². The summed E-state index contributed by atoms with van der Waals surface area (Å²) in [7, 11) is 0. The first-order chi connectivity index (χ1) is 5.25. The van der Waals surface area contributed by atoms with Gasteiger partial charge in [-0.25, -0.2) is 0 Å². The number of likely N-dealkylation sites (tertiary alicyclic amines) is 1. The fourth-order valence-electron chi connectivity index (χ4n) is 1.40. The lowest BCUT2D eigenvalue weighted by molar-refractivity contribution is -0.137. The molecule has 1 atom stereocenters. The van der Waals surface area contributed by atoms with Gasteiger partial charge in [0.2, 0.25) is 5.91 Å². The number of aliphatic hydroxyl groups excluding tert-OH is 1. The summed E-state index contributed by atoms with van der Waals surface area (Å²) in [5.74, 6) is 0.0949. The van der Waals surface area contributed by atoms with Crippen molar-refractivity contribution in [2.45, 2.75) is 38.8 Å². The van der Waals surface area contributed by atoms with Crippen molar-refractivity contribution in [2.75, 3.05) is 6.54 Å². The van der Waals surface area contributed by atoms with Crippen molar-refractivity contribution < 1.29 is 9.90 Å². The van der Waals surface area contributed by atoms with E-state index < -0.39 is 6.23 Å². The van der Waals surface area contributed by atoms with Crippen LogP contribution in [0.15, 0.2) is 0 Å². The number of aliphatic hydroxyl groups is 1. The second-order valence-electron chi connectivity index (χ2n) is 2.96. The van der Waals surface area contributed by atoms with Gasteiger partial charge in [0, 0.05) is 13.0 Å². The molecule has 1 unspecified atom stereocenters. The third-order valence-corrected chi connectivity index (χ3v) is 2.01. The van der Waals surface area contributed by atoms with Crippen LogP contribution in [-0.4, -0.2) is 28.7 Å². The average molecular weight is 157 g/mol. The smallest absolute Gasteiger partial charge is 0.224 e. The van der Waals surface area contributed by atoms with Crippen molar-refractivity contribution in [3.05, 3.63) is 0 Å². The zero-order chi connectivity index (χ0) is 8.27. The molecule has 0 aromatic heterocycles. The van der Waals surface area contributed by atoms with E-state index in [-0.39, 0.29) is 5.91 Å². The molecule has 1 aliphatic heterocycles. The van der Waals surface area contributed by atoms with Gasteiger partial charge in [-0.15, -0.1) is 0 Å². The molecule has 1 fully saturated rings. The lowest BCUT2D eigenvalue weighted by Gasteiger charge is -2.19. The van der Waals surface area contributed by atoms with Gasteiger partial charge in [-0.3, -0.25) is 4.79 Å². The molecule has 0 aromatic rings. The monoisotopic (exact) mass is 157 g/mol. The van der Waals surface area contributed by atoms with Gasteiger partial charge >= 0.3 is 0 Å². The van der Waals surface area contributed by atoms with Crippen molar-refractivity contribution in [1.29, 1.82) is 0 Å². The maximum Gasteiger partial charge on any atom is 0.224 e. The van der Waals surface area contributed by atoms with Crippen LogP contribution in [0.4, 0.5) is 0 Å². The van der Waals surface area contributed by atoms with E-state index in [1.165, 1.54) is 0 Å². The molecule has 1 rings (SSSR count). The molecular formula is C8H15NO2. The van der Waals surface area contributed by atoms with E-state index >= 15 is 0 Å². The molecular weight excluding hydrogens is 142 g/mol. The van der Waals surface area contributed by atoms with E-state index in [1.807, 2.05) is 6.92 Å². The first-order valence-electron chi connectivity index (χ1n) is 4.23. The normalized spacial score (nSPS) is 24.2. The fourth-order valence-corrected chi connectivity index (χ4v) is 1.40. The highest BCUT2D eigenvalue weighted by atomic mass is 16.3. The Morgan fingerprint density at radius 1 is 1.73 bits per heavy atom. The summed E-state index contributed by atoms with van der Waals surface area (Å²) in [6.07, 6.45) is 2.61. The molecule has 0 radical (unpaired) electrons. The molecule has 0 saturated carbocycles. The van der Waals surface area contributed by atoms with Gasteiger partial charge in [0.25, 0.3) is 0 Å². The zero-order valence-corrected chi connectivity index (χ0v) is 6.92. The summed E-state index contributed by atoms with van der Waals surface area (Å²) in [6, 6.07) is 0. The Hall–Kier alpha value is -0.570. The summed E-state index contributed by atoms with van der Waals surface area (Å²) in [4.78, 5) is 12.8. The van der Waals surface area contributed by atoms with Crippen molar-refractivity contribution in [1.82, 2.24) is 4.90 Å². The Labute approximate surface area is 67.0 Å². The number of hydrogen-bond donors (Lipinski definition) is 1. The number of rotatable bonds is 2. The Kier molecular flexibility index (Phi) is 2.88. The quantitative estimate of drug-likeness (QED) is 0.642. The van der Waals surface area contributed by atoms with Crippen molar-refractivity contribution in [3.63, 3.8) is 0 Å². The average Bonchev–Trinajstić information content (AvgIpc) is 2.36. The minimum atomic E-state index is -0.506. The number of amides is 1. The van der Waals surface area contributed by atoms with Crippen LogP contribution in [0.2, 0.25) is 0 Å². The van der Waals surface area contributed by atoms with Crippen molar-refractivity contribution in [3.8, 4) is 0 Å². The van der Waals surface area contributed by atoms with Gasteiger partial charge in [0.05, 0.1) is 0 Å². The molecule has 0 aliphatic carbocycles. The van der Waals surface area contributed by atoms with Crippen LogP contribution in [0.25, 0.3) is 0 Å². The number of carbonyl (C=O) groups excluding carboxylic acids is 1. The second kappa shape index (κ2) is 3.72. The molecule has 3 heteroatoms. The highest BCUT2D eigenvalue weighted by Crippen LogP contribution is 2.15. The molecule has 0 bridgehead atoms. The second-order valence-corrected chi connectivity index (χ2v) is 2.96. The minimum absolute atomic E-state index is 0.0949. The molecule has 3 nitrogen and oxygen atoms in total. The molecule has 1 heterocycles. The van der Waals surface area contributed by atoms with Gasteiger partial charge in [-0.05, 0) is 19.3 Å². The Morgan fingerprint density at radius 3 is 2.91 bits per heavy atom. The van der Waals surface area contributed by atoms with Crippen LogP contribution in [0, 0.1) is 0 Å². The predicted octanol–water partition coefficient (Wildman–Crippen LogP) is 0.727. The number of hydrogen-bond acceptors (Lipinski definition) is 2. The third kappa shape index (κ3) is 1.93. The number of carbonyl (C=O) groups is 1. The van der Waals surface area contributed by atoms with Crippen molar-refractivity contribution in [2.24, 2.45) is 0 Å². The van der Waals surface area contributed by atoms with Gasteiger partial charge in [-0.1, -0.05) is 6.92 Å². The van der Waals surface area contributed by atoms with Crippen LogP contribution < -0.4 is 0 Å². The van der Waals surface area contributed by atoms with E-state index in [9.17, 15) is 9.90 Å². The SMILES string of the molecule is CCCC(=O)N1CCCC1O. The summed E-state index contributed by atoms with van der Waals surface area (Å²) in [5.41, 5.74) is 0. The Bertz CT molecular complexity index is 147. The van der Waals surface area contributed by atoms with E-state index in [1.54, 1.807) is 4.90 Å². The minimum Gasteiger partial charge on any atom is -0.374 e. The molecule has 1 aliphatic rings. The van der Waals surface area contributed by atoms with Crippen molar-refractivity contribution >= 4 is 5.91 Å². The van der Waals surface area contributed by atoms with E-state index in [0.29, 0.717) is 6.42 Å². The summed E-state index contributed by atoms with van der Waals surface area (Å²) >= 11 is 0. The van der Waals surface area contributed by atoms with Gasteiger partial charge in [0.15, 0.2) is 0 Å². The first-order valence-corrected chi connectivity index (χ1v) is 4.23. The number of nitrogens with zero attached hydrogens (tertiary/aromatic N) is 1. The van der Waals surface area contributed by atoms with Crippen LogP contribution in [0.5, 0.6) is 0 Å². The van der Waals surface area contributed by atoms with Crippen LogP contribution >= 0.6 is 0 Å². The van der Waals surface area contributed by atoms with E-state index in [2.05, 4.69) is 0 Å². The molecule has 11 heavy (non-hydrogen) atoms. The Morgan fingerprint density at radius 2 is 2.45 bits per heavy atom. The third-order valence-electron chi connectivity index (χ3n) is 2.01. The zero-order valence-electron chi connectivity index (χ0n) is 6.92. The summed E-state index contributed by atoms with van der Waals surface area (Å²) in [5, 5.41) is 9.29. The topological polar surface area (TPSA) is 40.5 Å². The van der Waals surface area contributed by atoms with Crippen LogP contribution in [0.1, 0.15) is 32.6 Å². The van der Waals surface area contributed by atoms with Crippen LogP contribution in [0.3, 0.4) is 0 Å². The lowest BCUT2D eigenvalue weighted by atomic mass is 10.3. The highest BCUT2D eigenvalue weighted by molar-refractivity contribution is 5.76. The molecule has 1 amide bonds. The van der Waals surface area contributed by atoms with Gasteiger partial charge in [-0.2, -0.15) is 0 Å². The van der Waals surface area contributed by atoms with Crippen LogP contribution in [-0.2, 0) is 4.79 Å². The summed E-state index contributed by atoms with van der Waals surface area (Å²) < 4.78 is 0. The first kappa shape index (κ1) is 8.53. The summed E-state index contributed by atoms with van der Waals surface area (Å²) in [6.45, 7) is 2.71.